The third-order valence-corrected chi connectivity index (χ3v) is 2.52. The van der Waals surface area contributed by atoms with Gasteiger partial charge in [-0.2, -0.15) is 13.9 Å². The third-order valence-electron chi connectivity index (χ3n) is 2.52. The van der Waals surface area contributed by atoms with Crippen LogP contribution in [-0.2, 0) is 0 Å². The molecule has 0 bridgehead atoms. The molecule has 0 aliphatic rings. The number of amides is 1. The van der Waals surface area contributed by atoms with Gasteiger partial charge in [0.25, 0.3) is 5.91 Å². The molecule has 2 aromatic heterocycles. The van der Waals surface area contributed by atoms with Gasteiger partial charge in [-0.25, -0.2) is 9.67 Å². The lowest BCUT2D eigenvalue weighted by Crippen LogP contribution is -2.27. The van der Waals surface area contributed by atoms with Gasteiger partial charge in [0.2, 0.25) is 0 Å². The van der Waals surface area contributed by atoms with E-state index < -0.39 is 12.5 Å². The van der Waals surface area contributed by atoms with E-state index in [1.165, 1.54) is 6.07 Å². The fourth-order valence-corrected chi connectivity index (χ4v) is 1.56. The molecule has 0 aliphatic carbocycles. The largest absolute Gasteiger partial charge is 0.344 e. The summed E-state index contributed by atoms with van der Waals surface area (Å²) < 4.78 is 25.1. The van der Waals surface area contributed by atoms with Crippen molar-refractivity contribution in [3.8, 4) is 0 Å². The minimum absolute atomic E-state index is 0.0598. The second kappa shape index (κ2) is 5.17. The molecule has 8 heteroatoms. The van der Waals surface area contributed by atoms with Gasteiger partial charge in [0.15, 0.2) is 0 Å². The minimum Gasteiger partial charge on any atom is -0.344 e. The number of hydrogen-bond donors (Lipinski definition) is 2. The van der Waals surface area contributed by atoms with Crippen LogP contribution in [0.15, 0.2) is 18.5 Å². The monoisotopic (exact) mass is 269 g/mol. The number of rotatable bonds is 4. The Balaban J connectivity index is 2.04. The first-order chi connectivity index (χ1) is 8.97. The number of halogens is 2. The van der Waals surface area contributed by atoms with E-state index in [4.69, 9.17) is 0 Å². The molecular weight excluding hydrogens is 256 g/mol. The second-order valence-corrected chi connectivity index (χ2v) is 4.11. The Morgan fingerprint density at radius 1 is 1.53 bits per heavy atom. The Morgan fingerprint density at radius 3 is 2.79 bits per heavy atom. The van der Waals surface area contributed by atoms with Gasteiger partial charge in [0.1, 0.15) is 11.5 Å². The summed E-state index contributed by atoms with van der Waals surface area (Å²) in [5.41, 5.74) is 0.813. The van der Waals surface area contributed by atoms with Gasteiger partial charge in [-0.05, 0) is 19.9 Å². The normalized spacial score (nSPS) is 12.7. The highest BCUT2D eigenvalue weighted by Crippen LogP contribution is 2.11. The molecule has 0 radical (unpaired) electrons. The molecule has 1 atom stereocenters. The van der Waals surface area contributed by atoms with E-state index in [0.717, 1.165) is 11.9 Å². The molecule has 0 saturated carbocycles. The van der Waals surface area contributed by atoms with Gasteiger partial charge in [-0.15, -0.1) is 0 Å². The summed E-state index contributed by atoms with van der Waals surface area (Å²) in [6, 6.07) is 0.875. The maximum absolute atomic E-state index is 12.3. The van der Waals surface area contributed by atoms with E-state index in [2.05, 4.69) is 20.4 Å². The maximum Gasteiger partial charge on any atom is 0.333 e. The number of carbonyl (C=O) groups is 1. The second-order valence-electron chi connectivity index (χ2n) is 4.11. The molecule has 2 aromatic rings. The molecular formula is C11H13F2N5O. The number of aromatic amines is 1. The zero-order valence-electron chi connectivity index (χ0n) is 10.4. The van der Waals surface area contributed by atoms with Crippen LogP contribution < -0.4 is 5.32 Å². The number of imidazole rings is 1. The third kappa shape index (κ3) is 2.95. The number of nitrogens with zero attached hydrogens (tertiary/aromatic N) is 3. The van der Waals surface area contributed by atoms with Crippen molar-refractivity contribution in [2.24, 2.45) is 0 Å². The Kier molecular flexibility index (Phi) is 3.59. The lowest BCUT2D eigenvalue weighted by atomic mass is 10.3. The van der Waals surface area contributed by atoms with Crippen LogP contribution in [0, 0.1) is 6.92 Å². The SMILES string of the molecule is Cc1cnc([C@H](C)NC(=O)c2ccn(C(F)F)n2)[nH]1. The molecule has 0 saturated heterocycles. The van der Waals surface area contributed by atoms with E-state index in [1.54, 1.807) is 13.1 Å². The summed E-state index contributed by atoms with van der Waals surface area (Å²) >= 11 is 0. The highest BCUT2D eigenvalue weighted by atomic mass is 19.3. The number of alkyl halides is 2. The average Bonchev–Trinajstić information content (AvgIpc) is 2.96. The summed E-state index contributed by atoms with van der Waals surface area (Å²) in [7, 11) is 0. The Morgan fingerprint density at radius 2 is 2.26 bits per heavy atom. The predicted octanol–water partition coefficient (Wildman–Crippen LogP) is 1.80. The Bertz CT molecular complexity index is 577. The first kappa shape index (κ1) is 13.2. The van der Waals surface area contributed by atoms with Gasteiger partial charge < -0.3 is 10.3 Å². The van der Waals surface area contributed by atoms with E-state index >= 15 is 0 Å². The average molecular weight is 269 g/mol. The number of hydrogen-bond acceptors (Lipinski definition) is 3. The van der Waals surface area contributed by atoms with Crippen molar-refractivity contribution >= 4 is 5.91 Å². The van der Waals surface area contributed by atoms with Crippen molar-refractivity contribution < 1.29 is 13.6 Å². The predicted molar refractivity (Wildman–Crippen MR) is 62.7 cm³/mol. The van der Waals surface area contributed by atoms with Crippen molar-refractivity contribution in [2.75, 3.05) is 0 Å². The summed E-state index contributed by atoms with van der Waals surface area (Å²) in [5, 5.41) is 6.11. The molecule has 0 aliphatic heterocycles. The highest BCUT2D eigenvalue weighted by molar-refractivity contribution is 5.92. The first-order valence-corrected chi connectivity index (χ1v) is 5.63. The molecule has 0 fully saturated rings. The molecule has 1 amide bonds. The van der Waals surface area contributed by atoms with Crippen molar-refractivity contribution in [2.45, 2.75) is 26.4 Å². The standard InChI is InChI=1S/C11H13F2N5O/c1-6-5-14-9(15-6)7(2)16-10(19)8-3-4-18(17-8)11(12)13/h3-5,7,11H,1-2H3,(H,14,15)(H,16,19)/t7-/m0/s1. The Labute approximate surface area is 107 Å². The fourth-order valence-electron chi connectivity index (χ4n) is 1.56. The zero-order valence-corrected chi connectivity index (χ0v) is 10.4. The van der Waals surface area contributed by atoms with Crippen LogP contribution in [-0.4, -0.2) is 25.7 Å². The number of aromatic nitrogens is 4. The number of carbonyl (C=O) groups excluding carboxylic acids is 1. The molecule has 6 nitrogen and oxygen atoms in total. The van der Waals surface area contributed by atoms with Crippen LogP contribution in [0.4, 0.5) is 8.78 Å². The van der Waals surface area contributed by atoms with Gasteiger partial charge >= 0.3 is 6.55 Å². The van der Waals surface area contributed by atoms with E-state index in [-0.39, 0.29) is 11.7 Å². The highest BCUT2D eigenvalue weighted by Gasteiger charge is 2.17. The first-order valence-electron chi connectivity index (χ1n) is 5.63. The van der Waals surface area contributed by atoms with Crippen LogP contribution >= 0.6 is 0 Å². The lowest BCUT2D eigenvalue weighted by Gasteiger charge is -2.10. The van der Waals surface area contributed by atoms with E-state index in [0.29, 0.717) is 10.5 Å². The fraction of sp³-hybridized carbons (Fsp3) is 0.364. The van der Waals surface area contributed by atoms with Crippen molar-refractivity contribution in [1.82, 2.24) is 25.1 Å². The van der Waals surface area contributed by atoms with Gasteiger partial charge in [-0.3, -0.25) is 4.79 Å². The molecule has 2 N–H and O–H groups in total. The molecule has 0 aromatic carbocycles. The number of aryl methyl sites for hydroxylation is 1. The molecule has 0 unspecified atom stereocenters. The van der Waals surface area contributed by atoms with Crippen LogP contribution in [0.1, 0.15) is 41.5 Å². The van der Waals surface area contributed by atoms with Crippen molar-refractivity contribution in [3.63, 3.8) is 0 Å². The molecule has 102 valence electrons. The van der Waals surface area contributed by atoms with E-state index in [9.17, 15) is 13.6 Å². The smallest absolute Gasteiger partial charge is 0.333 e. The van der Waals surface area contributed by atoms with E-state index in [1.807, 2.05) is 6.92 Å². The van der Waals surface area contributed by atoms with Crippen LogP contribution in [0.3, 0.4) is 0 Å². The summed E-state index contributed by atoms with van der Waals surface area (Å²) in [6.45, 7) is 0.821. The summed E-state index contributed by atoms with van der Waals surface area (Å²) in [4.78, 5) is 18.9. The summed E-state index contributed by atoms with van der Waals surface area (Å²) in [6.07, 6.45) is 2.70. The van der Waals surface area contributed by atoms with Crippen LogP contribution in [0.2, 0.25) is 0 Å². The Hall–Kier alpha value is -2.25. The number of nitrogens with one attached hydrogen (secondary N) is 2. The van der Waals surface area contributed by atoms with Crippen LogP contribution in [0.5, 0.6) is 0 Å². The van der Waals surface area contributed by atoms with Gasteiger partial charge in [-0.1, -0.05) is 0 Å². The summed E-state index contributed by atoms with van der Waals surface area (Å²) in [5.74, 6) is 0.0695. The van der Waals surface area contributed by atoms with Crippen LogP contribution in [0.25, 0.3) is 0 Å². The van der Waals surface area contributed by atoms with Crippen molar-refractivity contribution in [3.05, 3.63) is 35.7 Å². The molecule has 2 rings (SSSR count). The minimum atomic E-state index is -2.76. The number of H-pyrrole nitrogens is 1. The maximum atomic E-state index is 12.3. The van der Waals surface area contributed by atoms with Gasteiger partial charge in [0, 0.05) is 18.1 Å². The molecule has 0 spiro atoms. The zero-order chi connectivity index (χ0) is 14.0. The lowest BCUT2D eigenvalue weighted by molar-refractivity contribution is 0.0559. The quantitative estimate of drug-likeness (QED) is 0.888. The molecule has 2 heterocycles. The topological polar surface area (TPSA) is 75.6 Å². The molecule has 19 heavy (non-hydrogen) atoms. The van der Waals surface area contributed by atoms with Crippen molar-refractivity contribution in [1.29, 1.82) is 0 Å². The van der Waals surface area contributed by atoms with Gasteiger partial charge in [0.05, 0.1) is 6.04 Å².